The Morgan fingerprint density at radius 1 is 0.597 bits per heavy atom. The summed E-state index contributed by atoms with van der Waals surface area (Å²) < 4.78 is 4.82. The molecule has 0 spiro atoms. The maximum Gasteiger partial charge on any atom is 0.326 e. The lowest BCUT2D eigenvalue weighted by Crippen LogP contribution is -2.49. The van der Waals surface area contributed by atoms with Crippen LogP contribution in [0, 0.1) is 0 Å². The zero-order valence-electron chi connectivity index (χ0n) is 36.9. The molecular weight excluding hydrogens is 889 g/mol. The fraction of sp³-hybridized carbons (Fsp3) is 0.548. The van der Waals surface area contributed by atoms with Crippen LogP contribution < -0.4 is 21.3 Å². The number of aromatic nitrogens is 2. The average Bonchev–Trinajstić information content (AvgIpc) is 3.25. The van der Waals surface area contributed by atoms with Gasteiger partial charge in [0.25, 0.3) is 6.47 Å². The summed E-state index contributed by atoms with van der Waals surface area (Å²) in [5, 5.41) is 77.0. The Morgan fingerprint density at radius 2 is 1.10 bits per heavy atom. The highest BCUT2D eigenvalue weighted by atomic mass is 16.5. The summed E-state index contributed by atoms with van der Waals surface area (Å²) in [6.07, 6.45) is 1.34. The highest BCUT2D eigenvalue weighted by molar-refractivity contribution is 5.83. The predicted octanol–water partition coefficient (Wildman–Crippen LogP) is 0.390. The van der Waals surface area contributed by atoms with E-state index in [9.17, 15) is 68.7 Å². The van der Waals surface area contributed by atoms with Gasteiger partial charge in [-0.2, -0.15) is 0 Å². The van der Waals surface area contributed by atoms with Gasteiger partial charge in [-0.05, 0) is 62.8 Å². The standard InChI is InChI=1S/C42H60N8O17/c51-26-67-36(48-42(66)47-29(41(64)65)12-17-38(58)59)7-3-5-19-43-34(54)6-2-1-4-18-44-35(55)15-10-27-8-13-32(52)30(45-27)22-49(24-39(60)61)20-21-50(25-40(62)63)23-31-33(53)14-9-28(46-31)11-16-37(56)57/h8-9,13-14,26,29,36,52-53H,1-7,10-12,15-25H2,(H,43,54)(H,44,55)(H,56,57)(H,58,59)(H,60,61)(H,62,63)(H,64,65)(H2,47,48,66)/t29-,36+/m0/s1. The number of aromatic hydroxyl groups is 2. The quantitative estimate of drug-likeness (QED) is 0.0250. The molecule has 25 heteroatoms. The van der Waals surface area contributed by atoms with Crippen molar-refractivity contribution in [1.29, 1.82) is 0 Å². The highest BCUT2D eigenvalue weighted by Gasteiger charge is 2.23. The second-order valence-corrected chi connectivity index (χ2v) is 15.3. The van der Waals surface area contributed by atoms with E-state index in [0.717, 1.165) is 0 Å². The van der Waals surface area contributed by atoms with Crippen molar-refractivity contribution in [1.82, 2.24) is 41.0 Å². The Labute approximate surface area is 384 Å². The summed E-state index contributed by atoms with van der Waals surface area (Å²) >= 11 is 0. The third-order valence-corrected chi connectivity index (χ3v) is 9.80. The third-order valence-electron chi connectivity index (χ3n) is 9.80. The normalized spacial score (nSPS) is 11.9. The molecule has 0 aliphatic heterocycles. The molecule has 2 aromatic heterocycles. The SMILES string of the molecule is O=CO[C@H](CCCCNC(=O)CCCCCNC(=O)CCc1ccc(O)c(CN(CCN(CC(=O)O)Cc2nc(CCC(=O)O)ccc2O)CC(=O)O)n1)NC(=O)N[C@@H](CCC(=O)O)C(=O)O. The smallest absolute Gasteiger partial charge is 0.326 e. The lowest BCUT2D eigenvalue weighted by atomic mass is 10.1. The first kappa shape index (κ1) is 56.0. The van der Waals surface area contributed by atoms with Crippen molar-refractivity contribution >= 4 is 54.2 Å². The lowest BCUT2D eigenvalue weighted by molar-refractivity contribution is -0.141. The molecule has 370 valence electrons. The summed E-state index contributed by atoms with van der Waals surface area (Å²) in [6.45, 7) is -0.460. The molecule has 4 amide bonds. The van der Waals surface area contributed by atoms with Crippen molar-refractivity contribution < 1.29 is 83.6 Å². The first-order valence-corrected chi connectivity index (χ1v) is 21.4. The first-order valence-electron chi connectivity index (χ1n) is 21.4. The molecule has 0 saturated heterocycles. The Balaban J connectivity index is 1.75. The van der Waals surface area contributed by atoms with Crippen molar-refractivity contribution in [2.75, 3.05) is 39.3 Å². The number of carboxylic acid groups (broad SMARTS) is 5. The maximum absolute atomic E-state index is 12.6. The van der Waals surface area contributed by atoms with Crippen LogP contribution in [0.25, 0.3) is 0 Å². The van der Waals surface area contributed by atoms with Gasteiger partial charge in [0.2, 0.25) is 11.8 Å². The van der Waals surface area contributed by atoms with Crippen molar-refractivity contribution in [2.24, 2.45) is 0 Å². The molecule has 2 aromatic rings. The number of amides is 4. The second kappa shape index (κ2) is 30.9. The molecule has 0 bridgehead atoms. The van der Waals surface area contributed by atoms with Gasteiger partial charge in [0.15, 0.2) is 6.23 Å². The third kappa shape index (κ3) is 25.2. The summed E-state index contributed by atoms with van der Waals surface area (Å²) in [5.74, 6) is -6.97. The van der Waals surface area contributed by atoms with Gasteiger partial charge in [-0.15, -0.1) is 0 Å². The van der Waals surface area contributed by atoms with E-state index >= 15 is 0 Å². The van der Waals surface area contributed by atoms with Crippen LogP contribution in [0.2, 0.25) is 0 Å². The Bertz CT molecular complexity index is 1990. The fourth-order valence-corrected chi connectivity index (χ4v) is 6.37. The second-order valence-electron chi connectivity index (χ2n) is 15.3. The van der Waals surface area contributed by atoms with Crippen LogP contribution in [0.1, 0.15) is 93.4 Å². The number of carbonyl (C=O) groups excluding carboxylic acids is 4. The van der Waals surface area contributed by atoms with Gasteiger partial charge in [0.1, 0.15) is 17.5 Å². The van der Waals surface area contributed by atoms with Crippen LogP contribution >= 0.6 is 0 Å². The minimum atomic E-state index is -1.46. The van der Waals surface area contributed by atoms with E-state index < -0.39 is 67.7 Å². The number of pyridine rings is 2. The molecule has 0 fully saturated rings. The van der Waals surface area contributed by atoms with Gasteiger partial charge in [-0.3, -0.25) is 53.3 Å². The molecule has 0 unspecified atom stereocenters. The molecular formula is C42H60N8O17. The number of ether oxygens (including phenoxy) is 1. The van der Waals surface area contributed by atoms with E-state index in [2.05, 4.69) is 31.2 Å². The molecule has 0 aliphatic carbocycles. The highest BCUT2D eigenvalue weighted by Crippen LogP contribution is 2.20. The van der Waals surface area contributed by atoms with Crippen LogP contribution in [0.3, 0.4) is 0 Å². The van der Waals surface area contributed by atoms with Gasteiger partial charge in [-0.25, -0.2) is 9.59 Å². The minimum Gasteiger partial charge on any atom is -0.506 e. The molecule has 25 nitrogen and oxygen atoms in total. The summed E-state index contributed by atoms with van der Waals surface area (Å²) in [5.41, 5.74) is 1.09. The largest absolute Gasteiger partial charge is 0.506 e. The van der Waals surface area contributed by atoms with E-state index in [1.54, 1.807) is 0 Å². The molecule has 0 aliphatic rings. The maximum atomic E-state index is 12.6. The molecule has 2 heterocycles. The lowest BCUT2D eigenvalue weighted by Gasteiger charge is -2.26. The fourth-order valence-electron chi connectivity index (χ4n) is 6.37. The minimum absolute atomic E-state index is 0.00330. The molecule has 2 atom stereocenters. The summed E-state index contributed by atoms with van der Waals surface area (Å²) in [7, 11) is 0. The topological polar surface area (TPSA) is 385 Å². The van der Waals surface area contributed by atoms with Crippen molar-refractivity contribution in [3.05, 3.63) is 47.0 Å². The Morgan fingerprint density at radius 3 is 1.60 bits per heavy atom. The predicted molar refractivity (Wildman–Crippen MR) is 231 cm³/mol. The van der Waals surface area contributed by atoms with Crippen LogP contribution in [0.5, 0.6) is 11.5 Å². The summed E-state index contributed by atoms with van der Waals surface area (Å²) in [4.78, 5) is 116. The number of aryl methyl sites for hydroxylation is 2. The van der Waals surface area contributed by atoms with Crippen molar-refractivity contribution in [3.8, 4) is 11.5 Å². The van der Waals surface area contributed by atoms with E-state index in [1.807, 2.05) is 0 Å². The number of nitrogens with one attached hydrogen (secondary N) is 4. The number of hydrogen-bond acceptors (Lipinski definition) is 16. The average molecular weight is 949 g/mol. The van der Waals surface area contributed by atoms with Gasteiger partial charge in [0.05, 0.1) is 30.9 Å². The molecule has 67 heavy (non-hydrogen) atoms. The van der Waals surface area contributed by atoms with E-state index in [1.165, 1.54) is 34.1 Å². The van der Waals surface area contributed by atoms with Gasteiger partial charge >= 0.3 is 35.9 Å². The number of aliphatic carboxylic acids is 5. The van der Waals surface area contributed by atoms with E-state index in [4.69, 9.17) is 14.9 Å². The van der Waals surface area contributed by atoms with Gasteiger partial charge < -0.3 is 61.7 Å². The Hall–Kier alpha value is -7.15. The van der Waals surface area contributed by atoms with E-state index in [-0.39, 0.29) is 112 Å². The van der Waals surface area contributed by atoms with Crippen LogP contribution in [-0.2, 0) is 69.0 Å². The van der Waals surface area contributed by atoms with Crippen molar-refractivity contribution in [2.45, 2.75) is 109 Å². The van der Waals surface area contributed by atoms with E-state index in [0.29, 0.717) is 56.6 Å². The monoisotopic (exact) mass is 948 g/mol. The van der Waals surface area contributed by atoms with Crippen LogP contribution in [0.15, 0.2) is 24.3 Å². The first-order chi connectivity index (χ1) is 31.8. The summed E-state index contributed by atoms with van der Waals surface area (Å²) in [6, 6.07) is 3.29. The number of urea groups is 1. The zero-order valence-corrected chi connectivity index (χ0v) is 36.9. The van der Waals surface area contributed by atoms with Crippen LogP contribution in [-0.4, -0.2) is 161 Å². The zero-order chi connectivity index (χ0) is 49.7. The number of unbranched alkanes of at least 4 members (excludes halogenated alkanes) is 3. The van der Waals surface area contributed by atoms with Crippen LogP contribution in [0.4, 0.5) is 4.79 Å². The van der Waals surface area contributed by atoms with Gasteiger partial charge in [-0.1, -0.05) is 6.42 Å². The van der Waals surface area contributed by atoms with Crippen molar-refractivity contribution in [3.63, 3.8) is 0 Å². The number of rotatable bonds is 36. The molecule has 11 N–H and O–H groups in total. The number of carbonyl (C=O) groups is 9. The molecule has 2 rings (SSSR count). The number of hydrogen-bond donors (Lipinski definition) is 11. The molecule has 0 saturated carbocycles. The van der Waals surface area contributed by atoms with Gasteiger partial charge in [0, 0.05) is 82.8 Å². The Kier molecular flexibility index (Phi) is 25.8. The molecule has 0 aromatic carbocycles. The number of carboxylic acids is 5. The molecule has 0 radical (unpaired) electrons. The number of nitrogens with zero attached hydrogens (tertiary/aromatic N) is 4.